The number of rotatable bonds is 4. The van der Waals surface area contributed by atoms with Gasteiger partial charge in [0.05, 0.1) is 5.56 Å². The van der Waals surface area contributed by atoms with Gasteiger partial charge < -0.3 is 10.6 Å². The van der Waals surface area contributed by atoms with Gasteiger partial charge in [-0.3, -0.25) is 9.78 Å². The van der Waals surface area contributed by atoms with Crippen molar-refractivity contribution >= 4 is 17.3 Å². The van der Waals surface area contributed by atoms with Crippen LogP contribution in [0.5, 0.6) is 0 Å². The summed E-state index contributed by atoms with van der Waals surface area (Å²) in [6, 6.07) is 8.33. The van der Waals surface area contributed by atoms with Crippen LogP contribution in [0.3, 0.4) is 0 Å². The minimum absolute atomic E-state index is 0.0808. The normalized spacial score (nSPS) is 15.5. The molecule has 0 saturated heterocycles. The van der Waals surface area contributed by atoms with Crippen LogP contribution >= 0.6 is 0 Å². The van der Waals surface area contributed by atoms with Crippen molar-refractivity contribution < 1.29 is 18.0 Å². The Morgan fingerprint density at radius 2 is 1.81 bits per heavy atom. The summed E-state index contributed by atoms with van der Waals surface area (Å²) in [5, 5.41) is 5.87. The third-order valence-corrected chi connectivity index (χ3v) is 4.42. The summed E-state index contributed by atoms with van der Waals surface area (Å²) >= 11 is 0. The van der Waals surface area contributed by atoms with E-state index in [1.807, 2.05) is 0 Å². The molecule has 2 N–H and O–H groups in total. The Morgan fingerprint density at radius 1 is 1.04 bits per heavy atom. The zero-order valence-electron chi connectivity index (χ0n) is 14.1. The van der Waals surface area contributed by atoms with Crippen LogP contribution in [0.2, 0.25) is 0 Å². The number of aromatic nitrogens is 1. The SMILES string of the molecule is O=C(Nc1cccc(C(F)(F)F)c1)c1cc(NC2CCCCC2)ccn1. The molecule has 1 aliphatic carbocycles. The molecule has 1 aliphatic rings. The van der Waals surface area contributed by atoms with Gasteiger partial charge >= 0.3 is 6.18 Å². The number of carbonyl (C=O) groups excluding carboxylic acids is 1. The minimum atomic E-state index is -4.46. The molecule has 0 bridgehead atoms. The van der Waals surface area contributed by atoms with Crippen molar-refractivity contribution in [2.45, 2.75) is 44.3 Å². The maximum absolute atomic E-state index is 12.8. The average molecular weight is 363 g/mol. The van der Waals surface area contributed by atoms with Gasteiger partial charge in [-0.05, 0) is 43.2 Å². The molecule has 1 amide bonds. The van der Waals surface area contributed by atoms with Crippen molar-refractivity contribution in [1.29, 1.82) is 0 Å². The molecule has 2 aromatic rings. The van der Waals surface area contributed by atoms with E-state index < -0.39 is 17.6 Å². The standard InChI is InChI=1S/C19H20F3N3O/c20-19(21,22)13-5-4-8-15(11-13)25-18(26)17-12-16(9-10-23-17)24-14-6-2-1-3-7-14/h4-5,8-12,14H,1-3,6-7H2,(H,23,24)(H,25,26). The summed E-state index contributed by atoms with van der Waals surface area (Å²) in [7, 11) is 0. The van der Waals surface area contributed by atoms with Gasteiger partial charge in [0.25, 0.3) is 5.91 Å². The molecule has 0 spiro atoms. The first-order valence-electron chi connectivity index (χ1n) is 8.63. The van der Waals surface area contributed by atoms with E-state index in [1.165, 1.54) is 37.6 Å². The van der Waals surface area contributed by atoms with Crippen molar-refractivity contribution in [3.63, 3.8) is 0 Å². The highest BCUT2D eigenvalue weighted by Gasteiger charge is 2.30. The number of benzene rings is 1. The van der Waals surface area contributed by atoms with Crippen LogP contribution in [-0.2, 0) is 6.18 Å². The number of amides is 1. The molecule has 1 aromatic heterocycles. The molecule has 1 aromatic carbocycles. The fourth-order valence-electron chi connectivity index (χ4n) is 3.10. The van der Waals surface area contributed by atoms with Crippen molar-refractivity contribution in [1.82, 2.24) is 4.98 Å². The fourth-order valence-corrected chi connectivity index (χ4v) is 3.10. The maximum atomic E-state index is 12.8. The second-order valence-electron chi connectivity index (χ2n) is 6.44. The van der Waals surface area contributed by atoms with E-state index in [9.17, 15) is 18.0 Å². The van der Waals surface area contributed by atoms with Crippen molar-refractivity contribution in [3.8, 4) is 0 Å². The lowest BCUT2D eigenvalue weighted by atomic mass is 9.95. The third-order valence-electron chi connectivity index (χ3n) is 4.42. The number of nitrogens with zero attached hydrogens (tertiary/aromatic N) is 1. The monoisotopic (exact) mass is 363 g/mol. The molecular formula is C19H20F3N3O. The van der Waals surface area contributed by atoms with Crippen molar-refractivity contribution in [2.24, 2.45) is 0 Å². The molecule has 26 heavy (non-hydrogen) atoms. The molecule has 3 rings (SSSR count). The number of carbonyl (C=O) groups is 1. The van der Waals surface area contributed by atoms with Crippen molar-refractivity contribution in [3.05, 3.63) is 53.9 Å². The maximum Gasteiger partial charge on any atom is 0.416 e. The molecule has 1 saturated carbocycles. The first-order chi connectivity index (χ1) is 12.4. The second-order valence-corrected chi connectivity index (χ2v) is 6.44. The summed E-state index contributed by atoms with van der Waals surface area (Å²) in [4.78, 5) is 16.4. The number of hydrogen-bond donors (Lipinski definition) is 2. The lowest BCUT2D eigenvalue weighted by molar-refractivity contribution is -0.137. The fraction of sp³-hybridized carbons (Fsp3) is 0.368. The Kier molecular flexibility index (Phi) is 5.44. The molecule has 0 atom stereocenters. The summed E-state index contributed by atoms with van der Waals surface area (Å²) in [6.45, 7) is 0. The number of halogens is 3. The Labute approximate surface area is 149 Å². The van der Waals surface area contributed by atoms with Gasteiger partial charge in [0.15, 0.2) is 0 Å². The Balaban J connectivity index is 1.69. The van der Waals surface area contributed by atoms with E-state index in [4.69, 9.17) is 0 Å². The minimum Gasteiger partial charge on any atom is -0.382 e. The second kappa shape index (κ2) is 7.76. The summed E-state index contributed by atoms with van der Waals surface area (Å²) < 4.78 is 38.3. The van der Waals surface area contributed by atoms with E-state index in [0.717, 1.165) is 30.7 Å². The van der Waals surface area contributed by atoms with E-state index >= 15 is 0 Å². The van der Waals surface area contributed by atoms with Gasteiger partial charge in [-0.1, -0.05) is 25.3 Å². The zero-order chi connectivity index (χ0) is 18.6. The van der Waals surface area contributed by atoms with Crippen LogP contribution in [0.15, 0.2) is 42.6 Å². The molecule has 0 radical (unpaired) electrons. The average Bonchev–Trinajstić information content (AvgIpc) is 2.62. The van der Waals surface area contributed by atoms with Crippen LogP contribution in [-0.4, -0.2) is 16.9 Å². The van der Waals surface area contributed by atoms with Crippen molar-refractivity contribution in [2.75, 3.05) is 10.6 Å². The van der Waals surface area contributed by atoms with E-state index in [1.54, 1.807) is 12.1 Å². The van der Waals surface area contributed by atoms with Crippen LogP contribution in [0, 0.1) is 0 Å². The highest BCUT2D eigenvalue weighted by molar-refractivity contribution is 6.03. The predicted molar refractivity (Wildman–Crippen MR) is 94.1 cm³/mol. The number of hydrogen-bond acceptors (Lipinski definition) is 3. The largest absolute Gasteiger partial charge is 0.416 e. The highest BCUT2D eigenvalue weighted by atomic mass is 19.4. The quantitative estimate of drug-likeness (QED) is 0.795. The number of alkyl halides is 3. The molecule has 1 fully saturated rings. The van der Waals surface area contributed by atoms with E-state index in [2.05, 4.69) is 15.6 Å². The molecule has 7 heteroatoms. The van der Waals surface area contributed by atoms with Crippen LogP contribution in [0.4, 0.5) is 24.5 Å². The Morgan fingerprint density at radius 3 is 2.54 bits per heavy atom. The van der Waals surface area contributed by atoms with Gasteiger partial charge in [0, 0.05) is 23.6 Å². The van der Waals surface area contributed by atoms with Crippen LogP contribution in [0.1, 0.15) is 48.2 Å². The van der Waals surface area contributed by atoms with E-state index in [-0.39, 0.29) is 11.4 Å². The van der Waals surface area contributed by atoms with Crippen LogP contribution in [0.25, 0.3) is 0 Å². The smallest absolute Gasteiger partial charge is 0.382 e. The lowest BCUT2D eigenvalue weighted by Gasteiger charge is -2.23. The Hall–Kier alpha value is -2.57. The molecule has 4 nitrogen and oxygen atoms in total. The van der Waals surface area contributed by atoms with Gasteiger partial charge in [-0.2, -0.15) is 13.2 Å². The first-order valence-corrected chi connectivity index (χ1v) is 8.63. The van der Waals surface area contributed by atoms with Gasteiger partial charge in [0.2, 0.25) is 0 Å². The Bertz CT molecular complexity index is 771. The van der Waals surface area contributed by atoms with Crippen LogP contribution < -0.4 is 10.6 Å². The van der Waals surface area contributed by atoms with Gasteiger partial charge in [-0.25, -0.2) is 0 Å². The highest BCUT2D eigenvalue weighted by Crippen LogP contribution is 2.30. The topological polar surface area (TPSA) is 54.0 Å². The predicted octanol–water partition coefficient (Wildman–Crippen LogP) is 5.10. The molecule has 1 heterocycles. The summed E-state index contributed by atoms with van der Waals surface area (Å²) in [5.41, 5.74) is 0.220. The third kappa shape index (κ3) is 4.74. The summed E-state index contributed by atoms with van der Waals surface area (Å²) in [6.07, 6.45) is 2.87. The summed E-state index contributed by atoms with van der Waals surface area (Å²) in [5.74, 6) is -0.545. The molecule has 0 unspecified atom stereocenters. The first kappa shape index (κ1) is 18.2. The van der Waals surface area contributed by atoms with Gasteiger partial charge in [-0.15, -0.1) is 0 Å². The number of nitrogens with one attached hydrogen (secondary N) is 2. The molecule has 0 aliphatic heterocycles. The number of anilines is 2. The van der Waals surface area contributed by atoms with Gasteiger partial charge in [0.1, 0.15) is 5.69 Å². The lowest BCUT2D eigenvalue weighted by Crippen LogP contribution is -2.22. The molecule has 138 valence electrons. The van der Waals surface area contributed by atoms with E-state index in [0.29, 0.717) is 6.04 Å². The zero-order valence-corrected chi connectivity index (χ0v) is 14.1. The number of pyridine rings is 1. The molecular weight excluding hydrogens is 343 g/mol.